The van der Waals surface area contributed by atoms with Crippen LogP contribution >= 0.6 is 0 Å². The Labute approximate surface area is 82.6 Å². The molecule has 0 aliphatic rings. The molecule has 0 radical (unpaired) electrons. The first kappa shape index (κ1) is 12.2. The fourth-order valence-corrected chi connectivity index (χ4v) is 0.571. The molecule has 2 N–H and O–H groups in total. The van der Waals surface area contributed by atoms with Crippen LogP contribution in [0.1, 0.15) is 13.8 Å². The molecule has 0 aromatic carbocycles. The summed E-state index contributed by atoms with van der Waals surface area (Å²) in [6.45, 7) is 9.98. The Kier molecular flexibility index (Phi) is 4.35. The third kappa shape index (κ3) is 3.26. The zero-order valence-corrected chi connectivity index (χ0v) is 8.26. The summed E-state index contributed by atoms with van der Waals surface area (Å²) in [5, 5.41) is 10.9. The fraction of sp³-hybridized carbons (Fsp3) is 0.200. The lowest BCUT2D eigenvalue weighted by atomic mass is 10.2. The zero-order valence-electron chi connectivity index (χ0n) is 8.26. The molecule has 0 rings (SSSR count). The maximum Gasteiger partial charge on any atom is 0.337 e. The molecule has 0 atom stereocenters. The van der Waals surface area contributed by atoms with E-state index in [1.54, 1.807) is 19.9 Å². The molecule has 0 saturated heterocycles. The van der Waals surface area contributed by atoms with Gasteiger partial charge in [0.25, 0.3) is 5.91 Å². The third-order valence-electron chi connectivity index (χ3n) is 1.68. The number of amides is 1. The van der Waals surface area contributed by atoms with Crippen molar-refractivity contribution in [3.05, 3.63) is 36.1 Å². The summed E-state index contributed by atoms with van der Waals surface area (Å²) in [5.74, 6) is -1.58. The van der Waals surface area contributed by atoms with Crippen molar-refractivity contribution in [2.24, 2.45) is 0 Å². The molecule has 14 heavy (non-hydrogen) atoms. The van der Waals surface area contributed by atoms with Gasteiger partial charge in [0.2, 0.25) is 0 Å². The van der Waals surface area contributed by atoms with E-state index < -0.39 is 5.97 Å². The Morgan fingerprint density at radius 3 is 2.21 bits per heavy atom. The van der Waals surface area contributed by atoms with Crippen LogP contribution in [0, 0.1) is 0 Å². The van der Waals surface area contributed by atoms with Crippen LogP contribution < -0.4 is 5.32 Å². The van der Waals surface area contributed by atoms with E-state index in [4.69, 9.17) is 5.11 Å². The summed E-state index contributed by atoms with van der Waals surface area (Å²) >= 11 is 0. The van der Waals surface area contributed by atoms with Gasteiger partial charge in [-0.15, -0.1) is 0 Å². The average Bonchev–Trinajstić information content (AvgIpc) is 2.14. The predicted molar refractivity (Wildman–Crippen MR) is 53.5 cm³/mol. The van der Waals surface area contributed by atoms with E-state index in [2.05, 4.69) is 18.5 Å². The molecule has 0 bridgehead atoms. The Morgan fingerprint density at radius 2 is 1.86 bits per heavy atom. The molecule has 0 spiro atoms. The quantitative estimate of drug-likeness (QED) is 0.523. The van der Waals surface area contributed by atoms with E-state index in [0.29, 0.717) is 5.57 Å². The van der Waals surface area contributed by atoms with Gasteiger partial charge >= 0.3 is 5.97 Å². The first-order valence-corrected chi connectivity index (χ1v) is 3.95. The predicted octanol–water partition coefficient (Wildman–Crippen LogP) is 1.22. The van der Waals surface area contributed by atoms with Gasteiger partial charge in [-0.25, -0.2) is 4.79 Å². The van der Waals surface area contributed by atoms with Crippen molar-refractivity contribution in [1.82, 2.24) is 5.32 Å². The molecule has 0 heterocycles. The van der Waals surface area contributed by atoms with Gasteiger partial charge in [0, 0.05) is 11.3 Å². The first-order chi connectivity index (χ1) is 6.40. The van der Waals surface area contributed by atoms with Gasteiger partial charge in [-0.3, -0.25) is 4.79 Å². The Balaban J connectivity index is 4.43. The maximum absolute atomic E-state index is 11.2. The molecule has 1 amide bonds. The number of carboxylic acids is 1. The Morgan fingerprint density at radius 1 is 1.36 bits per heavy atom. The monoisotopic (exact) mass is 195 g/mol. The second-order valence-corrected chi connectivity index (χ2v) is 2.69. The summed E-state index contributed by atoms with van der Waals surface area (Å²) in [4.78, 5) is 21.7. The summed E-state index contributed by atoms with van der Waals surface area (Å²) < 4.78 is 0. The number of rotatable bonds is 4. The van der Waals surface area contributed by atoms with E-state index in [-0.39, 0.29) is 17.2 Å². The average molecular weight is 195 g/mol. The summed E-state index contributed by atoms with van der Waals surface area (Å²) in [6, 6.07) is 0. The molecule has 76 valence electrons. The van der Waals surface area contributed by atoms with Crippen LogP contribution in [0.2, 0.25) is 0 Å². The van der Waals surface area contributed by atoms with Gasteiger partial charge in [0.05, 0.1) is 5.57 Å². The van der Waals surface area contributed by atoms with Gasteiger partial charge in [0.15, 0.2) is 0 Å². The SMILES string of the molecule is C=C(NC(=O)/C(C)=C/C)C(=C)C(=O)O. The minimum Gasteiger partial charge on any atom is -0.478 e. The molecule has 0 aliphatic heterocycles. The standard InChI is InChI=1S/C10H13NO3/c1-5-6(2)9(12)11-8(4)7(3)10(13)14/h5H,3-4H2,1-2H3,(H,11,12)(H,13,14)/b6-5+. The topological polar surface area (TPSA) is 66.4 Å². The molecule has 0 aromatic rings. The number of allylic oxidation sites excluding steroid dienone is 1. The summed E-state index contributed by atoms with van der Waals surface area (Å²) in [5.41, 5.74) is 0.273. The van der Waals surface area contributed by atoms with Crippen LogP contribution in [-0.2, 0) is 9.59 Å². The van der Waals surface area contributed by atoms with Crippen molar-refractivity contribution in [2.45, 2.75) is 13.8 Å². The number of aliphatic carboxylic acids is 1. The molecule has 4 nitrogen and oxygen atoms in total. The van der Waals surface area contributed by atoms with Crippen molar-refractivity contribution >= 4 is 11.9 Å². The lowest BCUT2D eigenvalue weighted by Gasteiger charge is -2.07. The molecule has 0 aliphatic carbocycles. The van der Waals surface area contributed by atoms with Crippen LogP contribution in [-0.4, -0.2) is 17.0 Å². The fourth-order valence-electron chi connectivity index (χ4n) is 0.571. The number of nitrogens with one attached hydrogen (secondary N) is 1. The molecular formula is C10H13NO3. The second-order valence-electron chi connectivity index (χ2n) is 2.69. The minimum atomic E-state index is -1.20. The van der Waals surface area contributed by atoms with E-state index in [1.807, 2.05) is 0 Å². The van der Waals surface area contributed by atoms with Gasteiger partial charge in [0.1, 0.15) is 0 Å². The minimum absolute atomic E-state index is 0.00343. The Bertz CT molecular complexity index is 326. The van der Waals surface area contributed by atoms with E-state index in [0.717, 1.165) is 0 Å². The van der Waals surface area contributed by atoms with Gasteiger partial charge in [-0.05, 0) is 13.8 Å². The Hall–Kier alpha value is -1.84. The van der Waals surface area contributed by atoms with Crippen LogP contribution in [0.3, 0.4) is 0 Å². The first-order valence-electron chi connectivity index (χ1n) is 3.95. The van der Waals surface area contributed by atoms with Crippen molar-refractivity contribution in [1.29, 1.82) is 0 Å². The van der Waals surface area contributed by atoms with Crippen molar-refractivity contribution in [3.63, 3.8) is 0 Å². The smallest absolute Gasteiger partial charge is 0.337 e. The summed E-state index contributed by atoms with van der Waals surface area (Å²) in [7, 11) is 0. The molecule has 0 aromatic heterocycles. The summed E-state index contributed by atoms with van der Waals surface area (Å²) in [6.07, 6.45) is 1.62. The molecule has 4 heteroatoms. The van der Waals surface area contributed by atoms with Gasteiger partial charge < -0.3 is 10.4 Å². The van der Waals surface area contributed by atoms with Crippen molar-refractivity contribution in [3.8, 4) is 0 Å². The molecule has 0 fully saturated rings. The molecular weight excluding hydrogens is 182 g/mol. The number of hydrogen-bond acceptors (Lipinski definition) is 2. The third-order valence-corrected chi connectivity index (χ3v) is 1.68. The van der Waals surface area contributed by atoms with Crippen LogP contribution in [0.25, 0.3) is 0 Å². The molecule has 0 unspecified atom stereocenters. The zero-order chi connectivity index (χ0) is 11.3. The van der Waals surface area contributed by atoms with Crippen LogP contribution in [0.4, 0.5) is 0 Å². The van der Waals surface area contributed by atoms with Crippen molar-refractivity contribution in [2.75, 3.05) is 0 Å². The number of carbonyl (C=O) groups is 2. The van der Waals surface area contributed by atoms with Gasteiger partial charge in [-0.2, -0.15) is 0 Å². The second kappa shape index (κ2) is 5.01. The van der Waals surface area contributed by atoms with E-state index in [1.165, 1.54) is 0 Å². The largest absolute Gasteiger partial charge is 0.478 e. The molecule has 0 saturated carbocycles. The van der Waals surface area contributed by atoms with Crippen LogP contribution in [0.15, 0.2) is 36.1 Å². The lowest BCUT2D eigenvalue weighted by Crippen LogP contribution is -2.25. The van der Waals surface area contributed by atoms with Crippen molar-refractivity contribution < 1.29 is 14.7 Å². The normalized spacial score (nSPS) is 10.6. The highest BCUT2D eigenvalue weighted by Crippen LogP contribution is 2.02. The lowest BCUT2D eigenvalue weighted by molar-refractivity contribution is -0.132. The maximum atomic E-state index is 11.2. The van der Waals surface area contributed by atoms with Gasteiger partial charge in [-0.1, -0.05) is 19.2 Å². The highest BCUT2D eigenvalue weighted by atomic mass is 16.4. The van der Waals surface area contributed by atoms with Crippen LogP contribution in [0.5, 0.6) is 0 Å². The number of carbonyl (C=O) groups excluding carboxylic acids is 1. The van der Waals surface area contributed by atoms with E-state index >= 15 is 0 Å². The van der Waals surface area contributed by atoms with E-state index in [9.17, 15) is 9.59 Å². The number of carboxylic acid groups (broad SMARTS) is 1. The highest BCUT2D eigenvalue weighted by molar-refractivity contribution is 5.97. The number of hydrogen-bond donors (Lipinski definition) is 2. The highest BCUT2D eigenvalue weighted by Gasteiger charge is 2.11.